The van der Waals surface area contributed by atoms with Crippen LogP contribution in [0.3, 0.4) is 0 Å². The Morgan fingerprint density at radius 1 is 0.963 bits per heavy atom. The summed E-state index contributed by atoms with van der Waals surface area (Å²) < 4.78 is 0. The summed E-state index contributed by atoms with van der Waals surface area (Å²) in [5.41, 5.74) is 2.07. The number of pyridine rings is 1. The van der Waals surface area contributed by atoms with Crippen LogP contribution < -0.4 is 5.32 Å². The summed E-state index contributed by atoms with van der Waals surface area (Å²) in [7, 11) is 0. The largest absolute Gasteiger partial charge is 0.365 e. The molecule has 1 aromatic carbocycles. The predicted molar refractivity (Wildman–Crippen MR) is 109 cm³/mol. The number of nitrogens with zero attached hydrogens (tertiary/aromatic N) is 4. The average molecular weight is 400 g/mol. The SMILES string of the molecule is Clc1ccc(-c2nnc(-c3ccccn3)nc2NC2CCCCC2)c(Cl)c1. The fourth-order valence-electron chi connectivity index (χ4n) is 3.33. The minimum absolute atomic E-state index is 0.372. The molecule has 7 heteroatoms. The molecule has 5 nitrogen and oxygen atoms in total. The molecule has 1 saturated carbocycles. The van der Waals surface area contributed by atoms with E-state index in [4.69, 9.17) is 28.2 Å². The molecular weight excluding hydrogens is 381 g/mol. The first-order valence-corrected chi connectivity index (χ1v) is 9.84. The number of aromatic nitrogens is 4. The van der Waals surface area contributed by atoms with Crippen LogP contribution in [-0.4, -0.2) is 26.2 Å². The van der Waals surface area contributed by atoms with Crippen LogP contribution in [0, 0.1) is 0 Å². The van der Waals surface area contributed by atoms with E-state index in [2.05, 4.69) is 20.5 Å². The van der Waals surface area contributed by atoms with Gasteiger partial charge in [-0.1, -0.05) is 48.5 Å². The Labute approximate surface area is 168 Å². The van der Waals surface area contributed by atoms with Gasteiger partial charge in [-0.05, 0) is 43.2 Å². The highest BCUT2D eigenvalue weighted by Gasteiger charge is 2.20. The number of hydrogen-bond donors (Lipinski definition) is 1. The number of nitrogens with one attached hydrogen (secondary N) is 1. The van der Waals surface area contributed by atoms with Gasteiger partial charge in [-0.3, -0.25) is 4.98 Å². The van der Waals surface area contributed by atoms with Crippen molar-refractivity contribution in [1.29, 1.82) is 0 Å². The second kappa shape index (κ2) is 8.19. The topological polar surface area (TPSA) is 63.6 Å². The van der Waals surface area contributed by atoms with E-state index in [1.165, 1.54) is 19.3 Å². The van der Waals surface area contributed by atoms with Gasteiger partial charge >= 0.3 is 0 Å². The maximum Gasteiger partial charge on any atom is 0.202 e. The predicted octanol–water partition coefficient (Wildman–Crippen LogP) is 5.65. The van der Waals surface area contributed by atoms with E-state index in [1.807, 2.05) is 24.3 Å². The van der Waals surface area contributed by atoms with Gasteiger partial charge in [-0.25, -0.2) is 4.98 Å². The number of hydrogen-bond acceptors (Lipinski definition) is 5. The minimum atomic E-state index is 0.372. The smallest absolute Gasteiger partial charge is 0.202 e. The molecule has 0 spiro atoms. The standard InChI is InChI=1S/C20H19Cl2N5/c21-13-9-10-15(16(22)12-13)18-20(24-14-6-2-1-3-7-14)25-19(27-26-18)17-8-4-5-11-23-17/h4-5,8-12,14H,1-3,6-7H2,(H,24,25,27). The minimum Gasteiger partial charge on any atom is -0.365 e. The molecule has 0 amide bonds. The summed E-state index contributed by atoms with van der Waals surface area (Å²) in [5, 5.41) is 13.4. The fraction of sp³-hybridized carbons (Fsp3) is 0.300. The van der Waals surface area contributed by atoms with Crippen molar-refractivity contribution < 1.29 is 0 Å². The molecule has 2 aromatic heterocycles. The molecule has 0 bridgehead atoms. The third kappa shape index (κ3) is 4.20. The highest BCUT2D eigenvalue weighted by molar-refractivity contribution is 6.36. The lowest BCUT2D eigenvalue weighted by atomic mass is 9.95. The molecule has 0 radical (unpaired) electrons. The van der Waals surface area contributed by atoms with Gasteiger partial charge in [0.1, 0.15) is 11.4 Å². The first-order chi connectivity index (χ1) is 13.2. The number of rotatable bonds is 4. The summed E-state index contributed by atoms with van der Waals surface area (Å²) in [6.45, 7) is 0. The van der Waals surface area contributed by atoms with Crippen LogP contribution in [0.15, 0.2) is 42.6 Å². The van der Waals surface area contributed by atoms with Crippen LogP contribution in [0.25, 0.3) is 22.8 Å². The van der Waals surface area contributed by atoms with E-state index in [0.29, 0.717) is 39.1 Å². The zero-order valence-corrected chi connectivity index (χ0v) is 16.2. The molecular formula is C20H19Cl2N5. The van der Waals surface area contributed by atoms with Gasteiger partial charge in [-0.15, -0.1) is 10.2 Å². The molecule has 138 valence electrons. The van der Waals surface area contributed by atoms with Gasteiger partial charge in [0, 0.05) is 22.8 Å². The zero-order chi connectivity index (χ0) is 18.6. The van der Waals surface area contributed by atoms with Gasteiger partial charge in [0.15, 0.2) is 5.82 Å². The summed E-state index contributed by atoms with van der Waals surface area (Å²) in [5.74, 6) is 1.17. The first kappa shape index (κ1) is 18.1. The van der Waals surface area contributed by atoms with Crippen molar-refractivity contribution in [3.8, 4) is 22.8 Å². The molecule has 0 unspecified atom stereocenters. The number of benzene rings is 1. The lowest BCUT2D eigenvalue weighted by Crippen LogP contribution is -2.23. The van der Waals surface area contributed by atoms with Gasteiger partial charge in [0.25, 0.3) is 0 Å². The van der Waals surface area contributed by atoms with E-state index in [9.17, 15) is 0 Å². The van der Waals surface area contributed by atoms with Gasteiger partial charge in [0.05, 0.1) is 5.02 Å². The maximum atomic E-state index is 6.42. The van der Waals surface area contributed by atoms with Gasteiger partial charge in [0.2, 0.25) is 5.82 Å². The van der Waals surface area contributed by atoms with Crippen LogP contribution in [0.4, 0.5) is 5.82 Å². The van der Waals surface area contributed by atoms with Crippen LogP contribution in [0.2, 0.25) is 10.0 Å². The van der Waals surface area contributed by atoms with Crippen LogP contribution in [0.5, 0.6) is 0 Å². The molecule has 0 saturated heterocycles. The van der Waals surface area contributed by atoms with Crippen molar-refractivity contribution in [2.24, 2.45) is 0 Å². The molecule has 3 aromatic rings. The molecule has 0 atom stereocenters. The molecule has 1 aliphatic rings. The van der Waals surface area contributed by atoms with Crippen LogP contribution >= 0.6 is 23.2 Å². The highest BCUT2D eigenvalue weighted by Crippen LogP contribution is 2.34. The van der Waals surface area contributed by atoms with E-state index in [1.54, 1.807) is 18.3 Å². The maximum absolute atomic E-state index is 6.42. The molecule has 1 fully saturated rings. The molecule has 4 rings (SSSR count). The molecule has 0 aliphatic heterocycles. The van der Waals surface area contributed by atoms with Crippen molar-refractivity contribution in [3.63, 3.8) is 0 Å². The molecule has 2 heterocycles. The zero-order valence-electron chi connectivity index (χ0n) is 14.7. The van der Waals surface area contributed by atoms with Crippen molar-refractivity contribution in [3.05, 3.63) is 52.6 Å². The Morgan fingerprint density at radius 2 is 1.81 bits per heavy atom. The van der Waals surface area contributed by atoms with Crippen molar-refractivity contribution >= 4 is 29.0 Å². The summed E-state index contributed by atoms with van der Waals surface area (Å²) >= 11 is 12.5. The summed E-state index contributed by atoms with van der Waals surface area (Å²) in [4.78, 5) is 9.07. The van der Waals surface area contributed by atoms with Gasteiger partial charge < -0.3 is 5.32 Å². The molecule has 27 heavy (non-hydrogen) atoms. The lowest BCUT2D eigenvalue weighted by Gasteiger charge is -2.24. The monoisotopic (exact) mass is 399 g/mol. The van der Waals surface area contributed by atoms with E-state index in [-0.39, 0.29) is 0 Å². The highest BCUT2D eigenvalue weighted by atomic mass is 35.5. The summed E-state index contributed by atoms with van der Waals surface area (Å²) in [6, 6.07) is 11.4. The normalized spacial score (nSPS) is 14.9. The second-order valence-corrected chi connectivity index (χ2v) is 7.49. The quantitative estimate of drug-likeness (QED) is 0.613. The fourth-order valence-corrected chi connectivity index (χ4v) is 3.83. The van der Waals surface area contributed by atoms with E-state index >= 15 is 0 Å². The van der Waals surface area contributed by atoms with Crippen LogP contribution in [-0.2, 0) is 0 Å². The van der Waals surface area contributed by atoms with E-state index < -0.39 is 0 Å². The Kier molecular flexibility index (Phi) is 5.50. The third-order valence-corrected chi connectivity index (χ3v) is 5.26. The Morgan fingerprint density at radius 3 is 2.56 bits per heavy atom. The first-order valence-electron chi connectivity index (χ1n) is 9.09. The molecule has 1 aliphatic carbocycles. The van der Waals surface area contributed by atoms with Crippen molar-refractivity contribution in [2.45, 2.75) is 38.1 Å². The second-order valence-electron chi connectivity index (χ2n) is 6.65. The van der Waals surface area contributed by atoms with Crippen molar-refractivity contribution in [1.82, 2.24) is 20.2 Å². The Balaban J connectivity index is 1.77. The average Bonchev–Trinajstić information content (AvgIpc) is 2.70. The Hall–Kier alpha value is -2.24. The third-order valence-electron chi connectivity index (χ3n) is 4.71. The van der Waals surface area contributed by atoms with E-state index in [0.717, 1.165) is 18.4 Å². The summed E-state index contributed by atoms with van der Waals surface area (Å²) in [6.07, 6.45) is 7.69. The number of halogens is 2. The van der Waals surface area contributed by atoms with Crippen LogP contribution in [0.1, 0.15) is 32.1 Å². The molecule has 1 N–H and O–H groups in total. The Bertz CT molecular complexity index is 927. The lowest BCUT2D eigenvalue weighted by molar-refractivity contribution is 0.462. The van der Waals surface area contributed by atoms with Gasteiger partial charge in [-0.2, -0.15) is 0 Å². The number of anilines is 1. The van der Waals surface area contributed by atoms with Crippen molar-refractivity contribution in [2.75, 3.05) is 5.32 Å².